The number of hydrogen-bond donors (Lipinski definition) is 1. The smallest absolute Gasteiger partial charge is 0.275 e. The molecule has 1 amide bonds. The first-order valence-electron chi connectivity index (χ1n) is 13.2. The van der Waals surface area contributed by atoms with Crippen LogP contribution in [-0.4, -0.2) is 10.9 Å². The van der Waals surface area contributed by atoms with E-state index in [1.165, 1.54) is 15.9 Å². The summed E-state index contributed by atoms with van der Waals surface area (Å²) >= 11 is 1.62. The number of benzene rings is 5. The number of aromatic nitrogens is 1. The van der Waals surface area contributed by atoms with Crippen molar-refractivity contribution in [2.45, 2.75) is 6.92 Å². The van der Waals surface area contributed by atoms with Gasteiger partial charge in [0.1, 0.15) is 10.7 Å². The number of nitrogens with zero attached hydrogens (tertiary/aromatic N) is 1. The van der Waals surface area contributed by atoms with Crippen LogP contribution >= 0.6 is 18.6 Å². The molecule has 5 heteroatoms. The molecule has 0 aliphatic heterocycles. The molecule has 1 aromatic heterocycles. The van der Waals surface area contributed by atoms with Crippen molar-refractivity contribution in [1.29, 1.82) is 0 Å². The molecule has 1 N–H and O–H groups in total. The lowest BCUT2D eigenvalue weighted by Gasteiger charge is -2.37. The predicted molar refractivity (Wildman–Crippen MR) is 171 cm³/mol. The van der Waals surface area contributed by atoms with Crippen molar-refractivity contribution in [3.63, 3.8) is 0 Å². The average molecular weight is 556 g/mol. The zero-order valence-corrected chi connectivity index (χ0v) is 23.8. The maximum atomic E-state index is 14.2. The summed E-state index contributed by atoms with van der Waals surface area (Å²) in [6.07, 6.45) is 0. The van der Waals surface area contributed by atoms with Gasteiger partial charge < -0.3 is 5.32 Å². The molecule has 0 saturated carbocycles. The molecular formula is C35H28N2OPS. The van der Waals surface area contributed by atoms with Crippen molar-refractivity contribution in [2.75, 3.05) is 5.32 Å². The van der Waals surface area contributed by atoms with Gasteiger partial charge in [0, 0.05) is 11.3 Å². The minimum absolute atomic E-state index is 0.204. The lowest BCUT2D eigenvalue weighted by molar-refractivity contribution is 0.102. The Morgan fingerprint density at radius 2 is 1.07 bits per heavy atom. The molecule has 195 valence electrons. The van der Waals surface area contributed by atoms with Gasteiger partial charge in [0.15, 0.2) is 0 Å². The van der Waals surface area contributed by atoms with E-state index >= 15 is 0 Å². The van der Waals surface area contributed by atoms with Gasteiger partial charge in [-0.2, -0.15) is 0 Å². The summed E-state index contributed by atoms with van der Waals surface area (Å²) in [6, 6.07) is 49.8. The molecule has 40 heavy (non-hydrogen) atoms. The summed E-state index contributed by atoms with van der Waals surface area (Å²) in [4.78, 5) is 19.2. The maximum Gasteiger partial charge on any atom is 0.275 e. The van der Waals surface area contributed by atoms with Gasteiger partial charge in [-0.15, -0.1) is 11.3 Å². The summed E-state index contributed by atoms with van der Waals surface area (Å²) in [5, 5.41) is 7.51. The standard InChI is InChI=1S/C35H28N2OPS/c1-26-22-24-28(25-23-26)36-33(38)32-35(40-34(37-32)27-14-6-2-7-15-27)39(29-16-8-3-9-17-29,30-18-10-4-11-19-30)31-20-12-5-13-21-31/h2-25H,1H3,(H,36,38). The highest BCUT2D eigenvalue weighted by Crippen LogP contribution is 2.56. The number of hydrogen-bond acceptors (Lipinski definition) is 3. The van der Waals surface area contributed by atoms with E-state index in [0.29, 0.717) is 5.69 Å². The Hall–Kier alpha value is -4.37. The van der Waals surface area contributed by atoms with Crippen LogP contribution in [0.15, 0.2) is 146 Å². The Morgan fingerprint density at radius 3 is 1.55 bits per heavy atom. The summed E-state index contributed by atoms with van der Waals surface area (Å²) in [6.45, 7) is 2.04. The predicted octanol–water partition coefficient (Wildman–Crippen LogP) is 6.99. The molecule has 3 nitrogen and oxygen atoms in total. The lowest BCUT2D eigenvalue weighted by Crippen LogP contribution is -2.40. The fourth-order valence-electron chi connectivity index (χ4n) is 4.97. The molecule has 6 aromatic rings. The Morgan fingerprint density at radius 1 is 0.625 bits per heavy atom. The van der Waals surface area contributed by atoms with Crippen molar-refractivity contribution in [1.82, 2.24) is 4.98 Å². The van der Waals surface area contributed by atoms with E-state index in [1.807, 2.05) is 67.6 Å². The van der Waals surface area contributed by atoms with E-state index in [9.17, 15) is 4.79 Å². The largest absolute Gasteiger partial charge is 0.321 e. The Balaban J connectivity index is 1.66. The minimum Gasteiger partial charge on any atom is -0.321 e. The van der Waals surface area contributed by atoms with Gasteiger partial charge in [-0.1, -0.05) is 139 Å². The van der Waals surface area contributed by atoms with E-state index in [2.05, 4.69) is 90.2 Å². The molecule has 0 atom stereocenters. The first-order valence-corrected chi connectivity index (χ1v) is 15.8. The Labute approximate surface area is 239 Å². The molecule has 0 aliphatic carbocycles. The van der Waals surface area contributed by atoms with Crippen LogP contribution in [0.1, 0.15) is 16.1 Å². The molecule has 6 rings (SSSR count). The summed E-state index contributed by atoms with van der Waals surface area (Å²) < 4.78 is 0.986. The normalized spacial score (nSPS) is 11.2. The lowest BCUT2D eigenvalue weighted by atomic mass is 10.2. The fraction of sp³-hybridized carbons (Fsp3) is 0.0286. The van der Waals surface area contributed by atoms with Crippen molar-refractivity contribution in [3.8, 4) is 10.6 Å². The Kier molecular flexibility index (Phi) is 7.37. The van der Waals surface area contributed by atoms with Crippen LogP contribution < -0.4 is 25.8 Å². The molecule has 5 aromatic carbocycles. The molecular weight excluding hydrogens is 527 g/mol. The number of carbonyl (C=O) groups is 1. The highest BCUT2D eigenvalue weighted by atomic mass is 32.1. The van der Waals surface area contributed by atoms with E-state index in [0.717, 1.165) is 26.4 Å². The van der Waals surface area contributed by atoms with Gasteiger partial charge in [-0.05, 0) is 42.2 Å². The van der Waals surface area contributed by atoms with Crippen molar-refractivity contribution < 1.29 is 4.79 Å². The maximum absolute atomic E-state index is 14.2. The summed E-state index contributed by atoms with van der Waals surface area (Å²) in [5.74, 6) is -0.204. The number of rotatable bonds is 7. The molecule has 1 heterocycles. The van der Waals surface area contributed by atoms with Gasteiger partial charge in [0.05, 0.1) is 4.62 Å². The second kappa shape index (κ2) is 11.4. The first kappa shape index (κ1) is 25.9. The second-order valence-corrected chi connectivity index (χ2v) is 14.2. The molecule has 0 unspecified atom stereocenters. The molecule has 1 radical (unpaired) electrons. The van der Waals surface area contributed by atoms with Crippen LogP contribution in [0, 0.1) is 6.92 Å². The number of thiazole rings is 1. The van der Waals surface area contributed by atoms with Gasteiger partial charge in [0.2, 0.25) is 0 Å². The number of aryl methyl sites for hydroxylation is 1. The van der Waals surface area contributed by atoms with Gasteiger partial charge in [-0.3, -0.25) is 4.79 Å². The van der Waals surface area contributed by atoms with E-state index in [1.54, 1.807) is 11.3 Å². The average Bonchev–Trinajstić information content (AvgIpc) is 3.47. The third-order valence-corrected chi connectivity index (χ3v) is 12.9. The van der Waals surface area contributed by atoms with Crippen LogP contribution in [0.2, 0.25) is 0 Å². The molecule has 0 bridgehead atoms. The molecule has 0 aliphatic rings. The van der Waals surface area contributed by atoms with Crippen molar-refractivity contribution in [2.24, 2.45) is 0 Å². The van der Waals surface area contributed by atoms with Gasteiger partial charge in [0.25, 0.3) is 5.91 Å². The quantitative estimate of drug-likeness (QED) is 0.216. The zero-order chi connectivity index (χ0) is 27.4. The molecule has 0 fully saturated rings. The van der Waals surface area contributed by atoms with E-state index < -0.39 is 7.26 Å². The topological polar surface area (TPSA) is 42.0 Å². The number of amides is 1. The van der Waals surface area contributed by atoms with Crippen LogP contribution in [0.25, 0.3) is 10.6 Å². The summed E-state index contributed by atoms with van der Waals surface area (Å²) in [7, 11) is -2.51. The highest BCUT2D eigenvalue weighted by molar-refractivity contribution is 8.04. The zero-order valence-electron chi connectivity index (χ0n) is 22.1. The Bertz CT molecular complexity index is 1620. The third-order valence-electron chi connectivity index (χ3n) is 6.89. The van der Waals surface area contributed by atoms with Crippen LogP contribution in [0.5, 0.6) is 0 Å². The molecule has 0 spiro atoms. The van der Waals surface area contributed by atoms with Crippen LogP contribution in [0.3, 0.4) is 0 Å². The van der Waals surface area contributed by atoms with Crippen LogP contribution in [-0.2, 0) is 0 Å². The van der Waals surface area contributed by atoms with Crippen molar-refractivity contribution >= 4 is 50.7 Å². The first-order chi connectivity index (χ1) is 19.7. The molecule has 0 saturated heterocycles. The number of carbonyl (C=O) groups excluding carboxylic acids is 1. The van der Waals surface area contributed by atoms with Gasteiger partial charge in [-0.25, -0.2) is 4.98 Å². The van der Waals surface area contributed by atoms with E-state index in [-0.39, 0.29) is 5.91 Å². The van der Waals surface area contributed by atoms with Gasteiger partial charge >= 0.3 is 0 Å². The number of nitrogens with one attached hydrogen (secondary N) is 1. The second-order valence-electron chi connectivity index (χ2n) is 9.54. The third kappa shape index (κ3) is 4.88. The highest BCUT2D eigenvalue weighted by Gasteiger charge is 2.41. The minimum atomic E-state index is -2.51. The number of anilines is 1. The van der Waals surface area contributed by atoms with Crippen LogP contribution in [0.4, 0.5) is 5.69 Å². The van der Waals surface area contributed by atoms with E-state index in [4.69, 9.17) is 4.98 Å². The SMILES string of the molecule is Cc1ccc(NC(=O)c2nc(-c3ccccc3)sc2[P](c2ccccc2)(c2ccccc2)c2ccccc2)cc1. The fourth-order valence-corrected chi connectivity index (χ4v) is 11.5. The van der Waals surface area contributed by atoms with Crippen molar-refractivity contribution in [3.05, 3.63) is 157 Å². The monoisotopic (exact) mass is 555 g/mol. The summed E-state index contributed by atoms with van der Waals surface area (Å²) in [5.41, 5.74) is 3.35.